The first-order valence-corrected chi connectivity index (χ1v) is 8.89. The van der Waals surface area contributed by atoms with Gasteiger partial charge >= 0.3 is 0 Å². The van der Waals surface area contributed by atoms with Crippen LogP contribution in [0.1, 0.15) is 13.3 Å². The summed E-state index contributed by atoms with van der Waals surface area (Å²) < 4.78 is 1.95. The van der Waals surface area contributed by atoms with Crippen LogP contribution >= 0.6 is 24.0 Å². The lowest BCUT2D eigenvalue weighted by molar-refractivity contribution is 0.370. The predicted octanol–water partition coefficient (Wildman–Crippen LogP) is 1.47. The van der Waals surface area contributed by atoms with E-state index >= 15 is 0 Å². The van der Waals surface area contributed by atoms with Gasteiger partial charge in [0.25, 0.3) is 0 Å². The van der Waals surface area contributed by atoms with Crippen LogP contribution in [0.25, 0.3) is 0 Å². The molecular weight excluding hydrogens is 443 g/mol. The van der Waals surface area contributed by atoms with E-state index in [0.717, 1.165) is 64.1 Å². The lowest BCUT2D eigenvalue weighted by Gasteiger charge is -2.36. The van der Waals surface area contributed by atoms with Crippen LogP contribution in [0, 0.1) is 0 Å². The van der Waals surface area contributed by atoms with Gasteiger partial charge in [0.05, 0.1) is 0 Å². The summed E-state index contributed by atoms with van der Waals surface area (Å²) in [7, 11) is 0. The van der Waals surface area contributed by atoms with E-state index in [9.17, 15) is 0 Å². The molecule has 1 aliphatic rings. The van der Waals surface area contributed by atoms with E-state index < -0.39 is 0 Å². The lowest BCUT2D eigenvalue weighted by Crippen LogP contribution is -2.53. The van der Waals surface area contributed by atoms with Gasteiger partial charge in [0.2, 0.25) is 5.95 Å². The van der Waals surface area contributed by atoms with Crippen molar-refractivity contribution in [2.75, 3.05) is 44.2 Å². The van der Waals surface area contributed by atoms with Crippen LogP contribution in [0.4, 0.5) is 5.95 Å². The first-order valence-electron chi connectivity index (χ1n) is 8.89. The summed E-state index contributed by atoms with van der Waals surface area (Å²) in [5, 5.41) is 7.63. The number of guanidine groups is 1. The number of aryl methyl sites for hydroxylation is 1. The van der Waals surface area contributed by atoms with Gasteiger partial charge in [-0.1, -0.05) is 0 Å². The minimum absolute atomic E-state index is 0. The molecule has 2 aromatic rings. The topological polar surface area (TPSA) is 74.5 Å². The molecule has 0 aliphatic carbocycles. The van der Waals surface area contributed by atoms with E-state index in [4.69, 9.17) is 4.99 Å². The zero-order valence-electron chi connectivity index (χ0n) is 15.2. The summed E-state index contributed by atoms with van der Waals surface area (Å²) in [6.07, 6.45) is 8.36. The van der Waals surface area contributed by atoms with Crippen LogP contribution in [0.15, 0.2) is 41.9 Å². The molecule has 1 N–H and O–H groups in total. The quantitative estimate of drug-likeness (QED) is 0.299. The van der Waals surface area contributed by atoms with Gasteiger partial charge in [-0.3, -0.25) is 9.67 Å². The number of piperazine rings is 1. The maximum atomic E-state index is 4.77. The van der Waals surface area contributed by atoms with Crippen molar-refractivity contribution in [3.05, 3.63) is 36.9 Å². The second-order valence-electron chi connectivity index (χ2n) is 5.88. The zero-order valence-corrected chi connectivity index (χ0v) is 17.5. The van der Waals surface area contributed by atoms with E-state index in [1.165, 1.54) is 0 Å². The van der Waals surface area contributed by atoms with Crippen molar-refractivity contribution in [2.45, 2.75) is 19.9 Å². The third kappa shape index (κ3) is 5.82. The number of halogens is 1. The lowest BCUT2D eigenvalue weighted by atomic mass is 10.3. The van der Waals surface area contributed by atoms with Crippen molar-refractivity contribution in [1.29, 1.82) is 0 Å². The van der Waals surface area contributed by atoms with Crippen LogP contribution in [0.3, 0.4) is 0 Å². The fraction of sp³-hybridized carbons (Fsp3) is 0.529. The molecule has 0 saturated carbocycles. The number of anilines is 1. The Hall–Kier alpha value is -1.91. The molecular formula is C17H27IN8. The van der Waals surface area contributed by atoms with Gasteiger partial charge in [-0.05, 0) is 25.5 Å². The summed E-state index contributed by atoms with van der Waals surface area (Å²) in [6.45, 7) is 8.32. The standard InChI is InChI=1S/C17H26N8.HI/c1-2-18-16(21-8-4-10-25-11-5-9-22-25)23-12-14-24(15-13-23)17-19-6-3-7-20-17;/h3,5-7,9,11H,2,4,8,10,12-15H2,1H3,(H,18,21);1H. The molecule has 0 amide bonds. The molecule has 8 nitrogen and oxygen atoms in total. The maximum absolute atomic E-state index is 4.77. The van der Waals surface area contributed by atoms with E-state index in [1.54, 1.807) is 12.4 Å². The third-order valence-corrected chi connectivity index (χ3v) is 4.12. The highest BCUT2D eigenvalue weighted by Crippen LogP contribution is 2.09. The Morgan fingerprint density at radius 3 is 2.54 bits per heavy atom. The number of nitrogens with zero attached hydrogens (tertiary/aromatic N) is 7. The SMILES string of the molecule is CCNC(=NCCCn1cccn1)N1CCN(c2ncccn2)CC1.I. The smallest absolute Gasteiger partial charge is 0.225 e. The van der Waals surface area contributed by atoms with Gasteiger partial charge in [-0.15, -0.1) is 24.0 Å². The molecule has 0 radical (unpaired) electrons. The normalized spacial score (nSPS) is 14.9. The van der Waals surface area contributed by atoms with Gasteiger partial charge in [0.15, 0.2) is 5.96 Å². The van der Waals surface area contributed by atoms with Crippen molar-refractivity contribution in [3.8, 4) is 0 Å². The second-order valence-corrected chi connectivity index (χ2v) is 5.88. The number of rotatable bonds is 6. The Labute approximate surface area is 171 Å². The first-order chi connectivity index (χ1) is 12.4. The number of hydrogen-bond acceptors (Lipinski definition) is 5. The fourth-order valence-electron chi connectivity index (χ4n) is 2.85. The molecule has 0 spiro atoms. The average Bonchev–Trinajstić information content (AvgIpc) is 3.19. The van der Waals surface area contributed by atoms with Crippen molar-refractivity contribution in [1.82, 2.24) is 30.0 Å². The molecule has 0 unspecified atom stereocenters. The Balaban J connectivity index is 0.00000243. The van der Waals surface area contributed by atoms with Gasteiger partial charge in [0.1, 0.15) is 0 Å². The van der Waals surface area contributed by atoms with Crippen molar-refractivity contribution >= 4 is 35.9 Å². The minimum Gasteiger partial charge on any atom is -0.357 e. The number of aliphatic imine (C=N–C) groups is 1. The summed E-state index contributed by atoms with van der Waals surface area (Å²) in [6, 6.07) is 3.79. The van der Waals surface area contributed by atoms with E-state index in [0.29, 0.717) is 0 Å². The Kier molecular flexibility index (Phi) is 8.59. The third-order valence-electron chi connectivity index (χ3n) is 4.12. The summed E-state index contributed by atoms with van der Waals surface area (Å²) in [4.78, 5) is 18.0. The van der Waals surface area contributed by atoms with Crippen LogP contribution in [0.2, 0.25) is 0 Å². The molecule has 3 heterocycles. The molecule has 0 bridgehead atoms. The highest BCUT2D eigenvalue weighted by Gasteiger charge is 2.20. The molecule has 9 heteroatoms. The summed E-state index contributed by atoms with van der Waals surface area (Å²) in [5.41, 5.74) is 0. The monoisotopic (exact) mass is 470 g/mol. The highest BCUT2D eigenvalue weighted by atomic mass is 127. The number of aromatic nitrogens is 4. The minimum atomic E-state index is 0. The van der Waals surface area contributed by atoms with Crippen LogP contribution < -0.4 is 10.2 Å². The van der Waals surface area contributed by atoms with E-state index in [-0.39, 0.29) is 24.0 Å². The summed E-state index contributed by atoms with van der Waals surface area (Å²) in [5.74, 6) is 1.81. The van der Waals surface area contributed by atoms with Crippen LogP contribution in [0.5, 0.6) is 0 Å². The van der Waals surface area contributed by atoms with Crippen molar-refractivity contribution in [3.63, 3.8) is 0 Å². The fourth-order valence-corrected chi connectivity index (χ4v) is 2.85. The Morgan fingerprint density at radius 2 is 1.88 bits per heavy atom. The highest BCUT2D eigenvalue weighted by molar-refractivity contribution is 14.0. The van der Waals surface area contributed by atoms with Gasteiger partial charge in [0, 0.05) is 70.6 Å². The van der Waals surface area contributed by atoms with Gasteiger partial charge in [-0.25, -0.2) is 9.97 Å². The largest absolute Gasteiger partial charge is 0.357 e. The maximum Gasteiger partial charge on any atom is 0.225 e. The molecule has 1 aliphatic heterocycles. The van der Waals surface area contributed by atoms with Crippen LogP contribution in [-0.4, -0.2) is 69.9 Å². The molecule has 2 aromatic heterocycles. The van der Waals surface area contributed by atoms with Gasteiger partial charge in [-0.2, -0.15) is 5.10 Å². The molecule has 0 atom stereocenters. The Morgan fingerprint density at radius 1 is 1.12 bits per heavy atom. The molecule has 3 rings (SSSR count). The van der Waals surface area contributed by atoms with Crippen molar-refractivity contribution < 1.29 is 0 Å². The number of nitrogens with one attached hydrogen (secondary N) is 1. The molecule has 1 fully saturated rings. The Bertz CT molecular complexity index is 638. The molecule has 142 valence electrons. The van der Waals surface area contributed by atoms with E-state index in [2.05, 4.69) is 37.1 Å². The summed E-state index contributed by atoms with van der Waals surface area (Å²) >= 11 is 0. The predicted molar refractivity (Wildman–Crippen MR) is 114 cm³/mol. The number of hydrogen-bond donors (Lipinski definition) is 1. The zero-order chi connectivity index (χ0) is 17.3. The molecule has 26 heavy (non-hydrogen) atoms. The van der Waals surface area contributed by atoms with Crippen LogP contribution in [-0.2, 0) is 6.54 Å². The first kappa shape index (κ1) is 20.4. The molecule has 1 saturated heterocycles. The second kappa shape index (κ2) is 10.9. The average molecular weight is 470 g/mol. The molecule has 0 aromatic carbocycles. The van der Waals surface area contributed by atoms with Crippen molar-refractivity contribution in [2.24, 2.45) is 4.99 Å². The van der Waals surface area contributed by atoms with Gasteiger partial charge < -0.3 is 15.1 Å². The van der Waals surface area contributed by atoms with E-state index in [1.807, 2.05) is 29.2 Å².